The molecule has 1 aliphatic heterocycles. The van der Waals surface area contributed by atoms with Crippen LogP contribution >= 0.6 is 0 Å². The largest absolute Gasteiger partial charge is 0.480 e. The van der Waals surface area contributed by atoms with Gasteiger partial charge in [-0.3, -0.25) is 19.9 Å². The molecule has 0 aliphatic carbocycles. The van der Waals surface area contributed by atoms with Crippen LogP contribution in [0.25, 0.3) is 11.0 Å². The van der Waals surface area contributed by atoms with E-state index in [1.54, 1.807) is 35.5 Å². The Morgan fingerprint density at radius 3 is 2.36 bits per heavy atom. The van der Waals surface area contributed by atoms with Crippen molar-refractivity contribution in [1.29, 1.82) is 0 Å². The molecule has 44 heavy (non-hydrogen) atoms. The van der Waals surface area contributed by atoms with Crippen molar-refractivity contribution in [3.63, 3.8) is 0 Å². The van der Waals surface area contributed by atoms with Gasteiger partial charge in [-0.1, -0.05) is 31.2 Å². The SMILES string of the molecule is CCC(F)(F)c1ccc(CN)cc1.O=C(O)[C@H]1CN(c2cnc3cnccc3n2)CCN1S(=O)(=O)c1ccc([N+](=O)[O-])cc1. The number of aromatic nitrogens is 3. The first-order valence-electron chi connectivity index (χ1n) is 13.4. The molecule has 0 bridgehead atoms. The minimum Gasteiger partial charge on any atom is -0.480 e. The van der Waals surface area contributed by atoms with Crippen molar-refractivity contribution >= 4 is 38.5 Å². The number of anilines is 1. The van der Waals surface area contributed by atoms with Crippen LogP contribution < -0.4 is 10.6 Å². The van der Waals surface area contributed by atoms with Gasteiger partial charge in [0.2, 0.25) is 10.0 Å². The predicted octanol–water partition coefficient (Wildman–Crippen LogP) is 3.54. The van der Waals surface area contributed by atoms with Crippen LogP contribution in [0.3, 0.4) is 0 Å². The molecule has 3 N–H and O–H groups in total. The van der Waals surface area contributed by atoms with Gasteiger partial charge in [-0.25, -0.2) is 27.2 Å². The van der Waals surface area contributed by atoms with E-state index in [1.807, 2.05) is 0 Å². The van der Waals surface area contributed by atoms with Gasteiger partial charge in [0.15, 0.2) is 0 Å². The Bertz CT molecular complexity index is 1740. The molecule has 2 aromatic heterocycles. The highest BCUT2D eigenvalue weighted by Crippen LogP contribution is 2.31. The zero-order chi connectivity index (χ0) is 32.1. The number of nitrogens with zero attached hydrogens (tertiary/aromatic N) is 6. The third kappa shape index (κ3) is 7.10. The smallest absolute Gasteiger partial charge is 0.323 e. The summed E-state index contributed by atoms with van der Waals surface area (Å²) >= 11 is 0. The number of sulfonamides is 1. The average Bonchev–Trinajstić information content (AvgIpc) is 3.04. The number of rotatable bonds is 8. The molecular weight excluding hydrogens is 600 g/mol. The Labute approximate surface area is 251 Å². The fraction of sp³-hybridized carbons (Fsp3) is 0.286. The van der Waals surface area contributed by atoms with Crippen molar-refractivity contribution in [3.8, 4) is 0 Å². The van der Waals surface area contributed by atoms with Gasteiger partial charge in [0.1, 0.15) is 17.4 Å². The quantitative estimate of drug-likeness (QED) is 0.214. The summed E-state index contributed by atoms with van der Waals surface area (Å²) in [4.78, 5) is 36.2. The van der Waals surface area contributed by atoms with Crippen LogP contribution in [0.1, 0.15) is 24.5 Å². The van der Waals surface area contributed by atoms with Crippen LogP contribution in [0.5, 0.6) is 0 Å². The Balaban J connectivity index is 0.000000285. The molecule has 0 saturated carbocycles. The first-order chi connectivity index (χ1) is 20.9. The molecular formula is C28H29F2N7O6S. The topological polar surface area (TPSA) is 186 Å². The molecule has 3 heterocycles. The maximum Gasteiger partial charge on any atom is 0.323 e. The number of nitrogens with two attached hydrogens (primary N) is 1. The molecule has 0 radical (unpaired) electrons. The van der Waals surface area contributed by atoms with Gasteiger partial charge in [-0.15, -0.1) is 0 Å². The standard InChI is InChI=1S/C18H16N6O6S.C10H13F2N/c25-18(26)16-11-22(17-10-20-15-9-19-6-5-14(15)21-17)7-8-23(16)31(29,30)13-3-1-12(2-4-13)24(27)28;1-2-10(11,12)9-5-3-8(7-13)4-6-9/h1-6,9-10,16H,7-8,11H2,(H,25,26);3-6H,2,7,13H2,1H3/t16-;/m1./s1. The number of carbonyl (C=O) groups is 1. The Kier molecular flexibility index (Phi) is 9.76. The van der Waals surface area contributed by atoms with Crippen molar-refractivity contribution in [2.24, 2.45) is 5.73 Å². The average molecular weight is 630 g/mol. The number of carboxylic acid groups (broad SMARTS) is 1. The van der Waals surface area contributed by atoms with Crippen LogP contribution in [-0.2, 0) is 27.3 Å². The Morgan fingerprint density at radius 2 is 1.77 bits per heavy atom. The second-order valence-electron chi connectivity index (χ2n) is 9.72. The number of piperazine rings is 1. The van der Waals surface area contributed by atoms with Crippen LogP contribution in [-0.4, -0.2) is 69.4 Å². The number of nitro groups is 1. The first-order valence-corrected chi connectivity index (χ1v) is 14.8. The summed E-state index contributed by atoms with van der Waals surface area (Å²) in [5.74, 6) is -3.60. The molecule has 232 valence electrons. The molecule has 16 heteroatoms. The lowest BCUT2D eigenvalue weighted by Gasteiger charge is -2.38. The Hall–Kier alpha value is -4.67. The van der Waals surface area contributed by atoms with Crippen molar-refractivity contribution in [1.82, 2.24) is 19.3 Å². The van der Waals surface area contributed by atoms with Crippen LogP contribution in [0.2, 0.25) is 0 Å². The van der Waals surface area contributed by atoms with E-state index in [4.69, 9.17) is 5.73 Å². The molecule has 1 saturated heterocycles. The van der Waals surface area contributed by atoms with Crippen molar-refractivity contribution in [2.45, 2.75) is 36.7 Å². The highest BCUT2D eigenvalue weighted by Gasteiger charge is 2.41. The van der Waals surface area contributed by atoms with E-state index in [0.717, 1.165) is 34.1 Å². The number of non-ortho nitro benzene ring substituents is 1. The van der Waals surface area contributed by atoms with Crippen LogP contribution in [0, 0.1) is 10.1 Å². The lowest BCUT2D eigenvalue weighted by molar-refractivity contribution is -0.384. The van der Waals surface area contributed by atoms with E-state index in [0.29, 0.717) is 23.4 Å². The number of hydrogen-bond acceptors (Lipinski definition) is 10. The summed E-state index contributed by atoms with van der Waals surface area (Å²) in [6, 6.07) is 10.8. The van der Waals surface area contributed by atoms with Gasteiger partial charge < -0.3 is 15.7 Å². The lowest BCUT2D eigenvalue weighted by atomic mass is 10.0. The summed E-state index contributed by atoms with van der Waals surface area (Å²) in [6.45, 7) is 1.81. The van der Waals surface area contributed by atoms with Crippen LogP contribution in [0.4, 0.5) is 20.3 Å². The maximum absolute atomic E-state index is 13.1. The molecule has 4 aromatic rings. The van der Waals surface area contributed by atoms with Gasteiger partial charge >= 0.3 is 5.97 Å². The molecule has 1 fully saturated rings. The van der Waals surface area contributed by atoms with Gasteiger partial charge in [0, 0.05) is 56.5 Å². The van der Waals surface area contributed by atoms with E-state index < -0.39 is 32.9 Å². The highest BCUT2D eigenvalue weighted by molar-refractivity contribution is 7.89. The number of alkyl halides is 2. The third-order valence-corrected chi connectivity index (χ3v) is 8.90. The molecule has 0 unspecified atom stereocenters. The molecule has 13 nitrogen and oxygen atoms in total. The molecule has 2 aromatic carbocycles. The van der Waals surface area contributed by atoms with E-state index in [1.165, 1.54) is 25.3 Å². The summed E-state index contributed by atoms with van der Waals surface area (Å²) in [6.07, 6.45) is 4.44. The molecule has 1 aliphatic rings. The third-order valence-electron chi connectivity index (χ3n) is 6.98. The molecule has 0 amide bonds. The molecule has 1 atom stereocenters. The maximum atomic E-state index is 13.1. The van der Waals surface area contributed by atoms with Gasteiger partial charge in [-0.2, -0.15) is 4.31 Å². The fourth-order valence-electron chi connectivity index (χ4n) is 4.43. The second-order valence-corrected chi connectivity index (χ2v) is 11.6. The summed E-state index contributed by atoms with van der Waals surface area (Å²) < 4.78 is 53.2. The summed E-state index contributed by atoms with van der Waals surface area (Å²) in [5.41, 5.74) is 7.19. The summed E-state index contributed by atoms with van der Waals surface area (Å²) in [5, 5.41) is 20.5. The summed E-state index contributed by atoms with van der Waals surface area (Å²) in [7, 11) is -4.18. The lowest BCUT2D eigenvalue weighted by Crippen LogP contribution is -2.58. The Morgan fingerprint density at radius 1 is 1.09 bits per heavy atom. The number of benzene rings is 2. The zero-order valence-corrected chi connectivity index (χ0v) is 24.3. The fourth-order valence-corrected chi connectivity index (χ4v) is 6.00. The van der Waals surface area contributed by atoms with E-state index in [2.05, 4.69) is 15.0 Å². The minimum absolute atomic E-state index is 0.0622. The number of halogens is 2. The van der Waals surface area contributed by atoms with E-state index >= 15 is 0 Å². The number of fused-ring (bicyclic) bond motifs is 1. The van der Waals surface area contributed by atoms with Gasteiger partial charge in [-0.05, 0) is 23.8 Å². The molecule has 0 spiro atoms. The predicted molar refractivity (Wildman–Crippen MR) is 156 cm³/mol. The van der Waals surface area contributed by atoms with Crippen molar-refractivity contribution in [2.75, 3.05) is 24.5 Å². The van der Waals surface area contributed by atoms with Crippen molar-refractivity contribution < 1.29 is 32.0 Å². The van der Waals surface area contributed by atoms with Crippen molar-refractivity contribution in [3.05, 3.63) is 94.4 Å². The number of aliphatic carboxylic acids is 1. The highest BCUT2D eigenvalue weighted by atomic mass is 32.2. The van der Waals surface area contributed by atoms with Gasteiger partial charge in [0.05, 0.1) is 27.7 Å². The minimum atomic E-state index is -4.18. The number of nitro benzene ring substituents is 1. The number of hydrogen-bond donors (Lipinski definition) is 2. The number of pyridine rings is 1. The van der Waals surface area contributed by atoms with Crippen LogP contribution in [0.15, 0.2) is 78.1 Å². The van der Waals surface area contributed by atoms with Gasteiger partial charge in [0.25, 0.3) is 11.6 Å². The first kappa shape index (κ1) is 32.2. The zero-order valence-electron chi connectivity index (χ0n) is 23.5. The van der Waals surface area contributed by atoms with E-state index in [-0.39, 0.29) is 42.2 Å². The normalized spacial score (nSPS) is 15.8. The van der Waals surface area contributed by atoms with E-state index in [9.17, 15) is 37.2 Å². The molecule has 5 rings (SSSR count). The number of carboxylic acids is 1. The second kappa shape index (κ2) is 13.3. The monoisotopic (exact) mass is 629 g/mol.